The molecule has 2 aliphatic rings. The zero-order valence-electron chi connectivity index (χ0n) is 17.6. The van der Waals surface area contributed by atoms with Crippen LogP contribution in [-0.2, 0) is 22.3 Å². The summed E-state index contributed by atoms with van der Waals surface area (Å²) in [5, 5.41) is 19.6. The molecule has 2 aromatic rings. The van der Waals surface area contributed by atoms with Gasteiger partial charge in [-0.05, 0) is 47.2 Å². The number of aliphatic hydroxyl groups excluding tert-OH is 2. The fraction of sp³-hybridized carbons (Fsp3) is 0.520. The van der Waals surface area contributed by atoms with Gasteiger partial charge in [-0.15, -0.1) is 0 Å². The van der Waals surface area contributed by atoms with Crippen molar-refractivity contribution in [3.8, 4) is 5.75 Å². The Bertz CT molecular complexity index is 813. The molecule has 0 aliphatic carbocycles. The van der Waals surface area contributed by atoms with Crippen LogP contribution in [0.5, 0.6) is 5.75 Å². The predicted octanol–water partition coefficient (Wildman–Crippen LogP) is 3.58. The second kappa shape index (κ2) is 9.92. The third-order valence-electron chi connectivity index (χ3n) is 6.07. The topological polar surface area (TPSA) is 68.2 Å². The van der Waals surface area contributed by atoms with E-state index < -0.39 is 6.10 Å². The highest BCUT2D eigenvalue weighted by Gasteiger charge is 2.29. The molecule has 5 heteroatoms. The van der Waals surface area contributed by atoms with E-state index >= 15 is 0 Å². The first-order valence-electron chi connectivity index (χ1n) is 11.0. The van der Waals surface area contributed by atoms with E-state index in [9.17, 15) is 10.2 Å². The van der Waals surface area contributed by atoms with Gasteiger partial charge in [0.15, 0.2) is 0 Å². The van der Waals surface area contributed by atoms with E-state index in [0.29, 0.717) is 19.4 Å². The molecular weight excluding hydrogens is 380 g/mol. The number of benzene rings is 2. The Balaban J connectivity index is 1.48. The molecule has 0 spiro atoms. The highest BCUT2D eigenvalue weighted by molar-refractivity contribution is 5.38. The van der Waals surface area contributed by atoms with Crippen LogP contribution < -0.4 is 4.74 Å². The summed E-state index contributed by atoms with van der Waals surface area (Å²) in [5.41, 5.74) is 4.89. The first kappa shape index (κ1) is 21.3. The standard InChI is InChI=1S/C25H32O5/c1-2-18-5-6-19(25-14-21(27)13-24(15-26)30-25)12-20(18)11-17-3-7-22(8-4-17)29-23-9-10-28-16-23/h3-8,12,21,23-27H,2,9-11,13-16H2,1H3/t21-,23-,24-,25+/m0/s1. The van der Waals surface area contributed by atoms with Gasteiger partial charge in [0.05, 0.1) is 38.1 Å². The summed E-state index contributed by atoms with van der Waals surface area (Å²) < 4.78 is 17.4. The summed E-state index contributed by atoms with van der Waals surface area (Å²) in [6.45, 7) is 3.56. The molecule has 30 heavy (non-hydrogen) atoms. The zero-order chi connectivity index (χ0) is 20.9. The Morgan fingerprint density at radius 1 is 1.07 bits per heavy atom. The Morgan fingerprint density at radius 3 is 2.60 bits per heavy atom. The normalized spacial score (nSPS) is 26.6. The highest BCUT2D eigenvalue weighted by atomic mass is 16.5. The van der Waals surface area contributed by atoms with Gasteiger partial charge in [0, 0.05) is 19.3 Å². The fourth-order valence-electron chi connectivity index (χ4n) is 4.38. The molecule has 5 nitrogen and oxygen atoms in total. The lowest BCUT2D eigenvalue weighted by Gasteiger charge is -2.33. The lowest BCUT2D eigenvalue weighted by atomic mass is 9.91. The summed E-state index contributed by atoms with van der Waals surface area (Å²) in [7, 11) is 0. The third kappa shape index (κ3) is 5.22. The summed E-state index contributed by atoms with van der Waals surface area (Å²) in [6.07, 6.45) is 3.05. The first-order chi connectivity index (χ1) is 14.6. The second-order valence-corrected chi connectivity index (χ2v) is 8.36. The largest absolute Gasteiger partial charge is 0.488 e. The number of aryl methyl sites for hydroxylation is 1. The van der Waals surface area contributed by atoms with E-state index in [0.717, 1.165) is 37.2 Å². The lowest BCUT2D eigenvalue weighted by molar-refractivity contribution is -0.113. The number of ether oxygens (including phenoxy) is 3. The van der Waals surface area contributed by atoms with Crippen LogP contribution >= 0.6 is 0 Å². The van der Waals surface area contributed by atoms with Crippen molar-refractivity contribution in [3.63, 3.8) is 0 Å². The van der Waals surface area contributed by atoms with E-state index in [1.165, 1.54) is 16.7 Å². The van der Waals surface area contributed by atoms with E-state index in [2.05, 4.69) is 37.3 Å². The minimum atomic E-state index is -0.437. The minimum Gasteiger partial charge on any atom is -0.488 e. The van der Waals surface area contributed by atoms with Crippen LogP contribution in [0.2, 0.25) is 0 Å². The molecule has 0 aromatic heterocycles. The summed E-state index contributed by atoms with van der Waals surface area (Å²) >= 11 is 0. The van der Waals surface area contributed by atoms with Crippen molar-refractivity contribution < 1.29 is 24.4 Å². The van der Waals surface area contributed by atoms with Gasteiger partial charge in [0.1, 0.15) is 11.9 Å². The van der Waals surface area contributed by atoms with Gasteiger partial charge in [-0.1, -0.05) is 37.3 Å². The Labute approximate surface area is 178 Å². The van der Waals surface area contributed by atoms with Crippen LogP contribution in [0.1, 0.15) is 54.5 Å². The number of hydrogen-bond acceptors (Lipinski definition) is 5. The number of hydrogen-bond donors (Lipinski definition) is 2. The molecule has 2 aromatic carbocycles. The van der Waals surface area contributed by atoms with Crippen LogP contribution in [-0.4, -0.2) is 48.3 Å². The molecule has 0 radical (unpaired) electrons. The molecule has 4 rings (SSSR count). The lowest BCUT2D eigenvalue weighted by Crippen LogP contribution is -2.33. The molecule has 2 N–H and O–H groups in total. The molecule has 0 amide bonds. The van der Waals surface area contributed by atoms with Crippen molar-refractivity contribution in [1.29, 1.82) is 0 Å². The van der Waals surface area contributed by atoms with E-state index in [1.54, 1.807) is 0 Å². The molecule has 162 valence electrons. The van der Waals surface area contributed by atoms with Crippen molar-refractivity contribution >= 4 is 0 Å². The predicted molar refractivity (Wildman–Crippen MR) is 115 cm³/mol. The summed E-state index contributed by atoms with van der Waals surface area (Å²) in [4.78, 5) is 0. The van der Waals surface area contributed by atoms with Crippen LogP contribution in [0, 0.1) is 0 Å². The Hall–Kier alpha value is -1.92. The third-order valence-corrected chi connectivity index (χ3v) is 6.07. The maximum Gasteiger partial charge on any atom is 0.124 e. The molecule has 2 heterocycles. The van der Waals surface area contributed by atoms with Gasteiger partial charge >= 0.3 is 0 Å². The van der Waals surface area contributed by atoms with Crippen LogP contribution in [0.3, 0.4) is 0 Å². The van der Waals surface area contributed by atoms with Gasteiger partial charge in [-0.2, -0.15) is 0 Å². The summed E-state index contributed by atoms with van der Waals surface area (Å²) in [6, 6.07) is 14.8. The van der Waals surface area contributed by atoms with Crippen molar-refractivity contribution in [2.75, 3.05) is 19.8 Å². The smallest absolute Gasteiger partial charge is 0.124 e. The van der Waals surface area contributed by atoms with Crippen molar-refractivity contribution in [2.24, 2.45) is 0 Å². The van der Waals surface area contributed by atoms with Crippen molar-refractivity contribution in [2.45, 2.75) is 63.4 Å². The minimum absolute atomic E-state index is 0.0607. The second-order valence-electron chi connectivity index (χ2n) is 8.36. The molecule has 2 fully saturated rings. The Morgan fingerprint density at radius 2 is 1.90 bits per heavy atom. The van der Waals surface area contributed by atoms with E-state index in [1.807, 2.05) is 12.1 Å². The Kier molecular flexibility index (Phi) is 7.05. The van der Waals surface area contributed by atoms with E-state index in [4.69, 9.17) is 14.2 Å². The van der Waals surface area contributed by atoms with Crippen molar-refractivity contribution in [3.05, 3.63) is 64.7 Å². The zero-order valence-corrected chi connectivity index (χ0v) is 17.6. The maximum atomic E-state index is 10.2. The van der Waals surface area contributed by atoms with Gasteiger partial charge in [-0.25, -0.2) is 0 Å². The maximum absolute atomic E-state index is 10.2. The first-order valence-corrected chi connectivity index (χ1v) is 11.0. The van der Waals surface area contributed by atoms with Crippen LogP contribution in [0.25, 0.3) is 0 Å². The molecule has 2 saturated heterocycles. The SMILES string of the molecule is CCc1ccc([C@H]2C[C@@H](O)C[C@@H](CO)O2)cc1Cc1ccc(O[C@H]2CCOC2)cc1. The fourth-order valence-corrected chi connectivity index (χ4v) is 4.38. The molecular formula is C25H32O5. The molecule has 0 bridgehead atoms. The summed E-state index contributed by atoms with van der Waals surface area (Å²) in [5.74, 6) is 0.887. The number of rotatable bonds is 7. The quantitative estimate of drug-likeness (QED) is 0.728. The van der Waals surface area contributed by atoms with Crippen molar-refractivity contribution in [1.82, 2.24) is 0 Å². The molecule has 0 unspecified atom stereocenters. The van der Waals surface area contributed by atoms with Crippen LogP contribution in [0.4, 0.5) is 0 Å². The highest BCUT2D eigenvalue weighted by Crippen LogP contribution is 2.33. The number of aliphatic hydroxyl groups is 2. The monoisotopic (exact) mass is 412 g/mol. The average molecular weight is 413 g/mol. The molecule has 0 saturated carbocycles. The van der Waals surface area contributed by atoms with Gasteiger partial charge in [0.25, 0.3) is 0 Å². The van der Waals surface area contributed by atoms with Crippen LogP contribution in [0.15, 0.2) is 42.5 Å². The molecule has 2 aliphatic heterocycles. The van der Waals surface area contributed by atoms with Gasteiger partial charge in [-0.3, -0.25) is 0 Å². The van der Waals surface area contributed by atoms with Gasteiger partial charge in [0.2, 0.25) is 0 Å². The van der Waals surface area contributed by atoms with E-state index in [-0.39, 0.29) is 24.9 Å². The molecule has 4 atom stereocenters. The van der Waals surface area contributed by atoms with Gasteiger partial charge < -0.3 is 24.4 Å². The average Bonchev–Trinajstić information content (AvgIpc) is 3.27.